The van der Waals surface area contributed by atoms with Crippen molar-refractivity contribution < 1.29 is 24.2 Å². The van der Waals surface area contributed by atoms with E-state index in [1.165, 1.54) is 11.1 Å². The molecule has 0 aliphatic heterocycles. The van der Waals surface area contributed by atoms with Crippen molar-refractivity contribution in [1.29, 1.82) is 0 Å². The van der Waals surface area contributed by atoms with Crippen molar-refractivity contribution in [3.8, 4) is 11.1 Å². The van der Waals surface area contributed by atoms with Crippen LogP contribution in [-0.2, 0) is 14.3 Å². The third-order valence-corrected chi connectivity index (χ3v) is 6.32. The van der Waals surface area contributed by atoms with Crippen LogP contribution in [0.5, 0.6) is 0 Å². The summed E-state index contributed by atoms with van der Waals surface area (Å²) < 4.78 is 5.56. The van der Waals surface area contributed by atoms with E-state index >= 15 is 0 Å². The van der Waals surface area contributed by atoms with Crippen molar-refractivity contribution in [3.63, 3.8) is 0 Å². The highest BCUT2D eigenvalue weighted by atomic mass is 16.5. The second kappa shape index (κ2) is 11.2. The summed E-state index contributed by atoms with van der Waals surface area (Å²) in [6, 6.07) is 16.3. The van der Waals surface area contributed by atoms with Crippen LogP contribution in [0.15, 0.2) is 48.5 Å². The monoisotopic (exact) mass is 466 g/mol. The molecule has 1 aliphatic rings. The molecule has 2 aromatic carbocycles. The van der Waals surface area contributed by atoms with Gasteiger partial charge in [-0.1, -0.05) is 75.7 Å². The standard InChI is InChI=1S/C27H34N2O5/c1-4-18(13-25(31)32)15-28-24(30)14-27(2,3)17-29-26(33)34-16-23-21-11-7-5-9-19(21)20-10-6-8-12-22(20)23/h5-12,18,23H,4,13-17H2,1-3H3,(H,28,30)(H,29,33)(H,31,32). The Labute approximate surface area is 200 Å². The van der Waals surface area contributed by atoms with Crippen LogP contribution in [0.3, 0.4) is 0 Å². The second-order valence-electron chi connectivity index (χ2n) is 9.70. The van der Waals surface area contributed by atoms with E-state index in [9.17, 15) is 14.4 Å². The van der Waals surface area contributed by atoms with Crippen LogP contribution in [0.1, 0.15) is 57.1 Å². The lowest BCUT2D eigenvalue weighted by Crippen LogP contribution is -2.39. The maximum absolute atomic E-state index is 12.4. The number of ether oxygens (including phenoxy) is 1. The zero-order chi connectivity index (χ0) is 24.7. The van der Waals surface area contributed by atoms with Crippen LogP contribution >= 0.6 is 0 Å². The molecule has 1 unspecified atom stereocenters. The average Bonchev–Trinajstić information content (AvgIpc) is 3.12. The van der Waals surface area contributed by atoms with Gasteiger partial charge in [-0.25, -0.2) is 4.79 Å². The van der Waals surface area contributed by atoms with Crippen LogP contribution in [0, 0.1) is 11.3 Å². The Balaban J connectivity index is 1.46. The number of benzene rings is 2. The molecule has 1 atom stereocenters. The average molecular weight is 467 g/mol. The lowest BCUT2D eigenvalue weighted by molar-refractivity contribution is -0.138. The number of alkyl carbamates (subject to hydrolysis) is 1. The number of carbonyl (C=O) groups excluding carboxylic acids is 2. The van der Waals surface area contributed by atoms with E-state index in [2.05, 4.69) is 34.9 Å². The smallest absolute Gasteiger partial charge is 0.407 e. The van der Waals surface area contributed by atoms with Crippen molar-refractivity contribution in [1.82, 2.24) is 10.6 Å². The zero-order valence-electron chi connectivity index (χ0n) is 20.1. The van der Waals surface area contributed by atoms with Gasteiger partial charge in [0.2, 0.25) is 5.91 Å². The van der Waals surface area contributed by atoms with Gasteiger partial charge >= 0.3 is 12.1 Å². The molecule has 3 N–H and O–H groups in total. The first-order chi connectivity index (χ1) is 16.2. The third kappa shape index (κ3) is 6.59. The molecule has 0 heterocycles. The van der Waals surface area contributed by atoms with E-state index < -0.39 is 17.5 Å². The highest BCUT2D eigenvalue weighted by Gasteiger charge is 2.29. The summed E-state index contributed by atoms with van der Waals surface area (Å²) >= 11 is 0. The number of carboxylic acids is 1. The molecule has 0 saturated carbocycles. The number of aliphatic carboxylic acids is 1. The molecular formula is C27H34N2O5. The molecule has 0 bridgehead atoms. The zero-order valence-corrected chi connectivity index (χ0v) is 20.1. The third-order valence-electron chi connectivity index (χ3n) is 6.32. The highest BCUT2D eigenvalue weighted by molar-refractivity contribution is 5.79. The SMILES string of the molecule is CCC(CNC(=O)CC(C)(C)CNC(=O)OCC1c2ccccc2-c2ccccc21)CC(=O)O. The van der Waals surface area contributed by atoms with Gasteiger partial charge in [0.1, 0.15) is 6.61 Å². The summed E-state index contributed by atoms with van der Waals surface area (Å²) in [5, 5.41) is 14.5. The van der Waals surface area contributed by atoms with E-state index in [0.717, 1.165) is 11.1 Å². The number of rotatable bonds is 11. The minimum atomic E-state index is -0.867. The van der Waals surface area contributed by atoms with E-state index in [1.807, 2.05) is 45.0 Å². The Hall–Kier alpha value is -3.35. The van der Waals surface area contributed by atoms with Gasteiger partial charge in [-0.3, -0.25) is 9.59 Å². The summed E-state index contributed by atoms with van der Waals surface area (Å²) in [4.78, 5) is 35.6. The Kier molecular flexibility index (Phi) is 8.31. The molecular weight excluding hydrogens is 432 g/mol. The lowest BCUT2D eigenvalue weighted by atomic mass is 9.89. The molecule has 0 aromatic heterocycles. The first-order valence-electron chi connectivity index (χ1n) is 11.8. The topological polar surface area (TPSA) is 105 Å². The summed E-state index contributed by atoms with van der Waals surface area (Å²) in [6.45, 7) is 6.54. The van der Waals surface area contributed by atoms with E-state index in [1.54, 1.807) is 0 Å². The van der Waals surface area contributed by atoms with Crippen LogP contribution in [0.4, 0.5) is 4.79 Å². The number of carboxylic acid groups (broad SMARTS) is 1. The first kappa shape index (κ1) is 25.3. The van der Waals surface area contributed by atoms with Crippen molar-refractivity contribution in [3.05, 3.63) is 59.7 Å². The van der Waals surface area contributed by atoms with Gasteiger partial charge in [0, 0.05) is 31.8 Å². The molecule has 7 nitrogen and oxygen atoms in total. The minimum absolute atomic E-state index is 0.00532. The molecule has 1 aliphatic carbocycles. The van der Waals surface area contributed by atoms with E-state index in [0.29, 0.717) is 13.0 Å². The maximum atomic E-state index is 12.4. The van der Waals surface area contributed by atoms with Crippen molar-refractivity contribution in [2.75, 3.05) is 19.7 Å². The second-order valence-corrected chi connectivity index (χ2v) is 9.70. The summed E-state index contributed by atoms with van der Waals surface area (Å²) in [6.07, 6.45) is 0.408. The Morgan fingerprint density at radius 3 is 2.15 bits per heavy atom. The summed E-state index contributed by atoms with van der Waals surface area (Å²) in [5.74, 6) is -1.13. The Morgan fingerprint density at radius 2 is 1.59 bits per heavy atom. The van der Waals surface area contributed by atoms with Crippen LogP contribution in [0.2, 0.25) is 0 Å². The predicted octanol–water partition coefficient (Wildman–Crippen LogP) is 4.56. The van der Waals surface area contributed by atoms with Crippen LogP contribution in [0.25, 0.3) is 11.1 Å². The molecule has 0 radical (unpaired) electrons. The van der Waals surface area contributed by atoms with Gasteiger partial charge in [-0.15, -0.1) is 0 Å². The van der Waals surface area contributed by atoms with Gasteiger partial charge in [0.05, 0.1) is 0 Å². The van der Waals surface area contributed by atoms with Crippen molar-refractivity contribution in [2.24, 2.45) is 11.3 Å². The van der Waals surface area contributed by atoms with Crippen molar-refractivity contribution in [2.45, 2.75) is 46.0 Å². The molecule has 3 rings (SSSR count). The van der Waals surface area contributed by atoms with Gasteiger partial charge in [0.15, 0.2) is 0 Å². The number of nitrogens with one attached hydrogen (secondary N) is 2. The molecule has 182 valence electrons. The molecule has 34 heavy (non-hydrogen) atoms. The largest absolute Gasteiger partial charge is 0.481 e. The fourth-order valence-corrected chi connectivity index (χ4v) is 4.39. The quantitative estimate of drug-likeness (QED) is 0.450. The van der Waals surface area contributed by atoms with Crippen LogP contribution in [-0.4, -0.2) is 42.8 Å². The Bertz CT molecular complexity index is 988. The normalized spacial score (nSPS) is 13.5. The predicted molar refractivity (Wildman–Crippen MR) is 131 cm³/mol. The molecule has 2 aromatic rings. The van der Waals surface area contributed by atoms with E-state index in [4.69, 9.17) is 9.84 Å². The summed E-state index contributed by atoms with van der Waals surface area (Å²) in [7, 11) is 0. The minimum Gasteiger partial charge on any atom is -0.481 e. The van der Waals surface area contributed by atoms with Gasteiger partial charge in [-0.05, 0) is 33.6 Å². The number of amides is 2. The van der Waals surface area contributed by atoms with E-state index in [-0.39, 0.29) is 43.7 Å². The molecule has 0 saturated heterocycles. The summed E-state index contributed by atoms with van der Waals surface area (Å²) in [5.41, 5.74) is 4.17. The number of hydrogen-bond donors (Lipinski definition) is 3. The maximum Gasteiger partial charge on any atom is 0.407 e. The molecule has 2 amide bonds. The Morgan fingerprint density at radius 1 is 1.00 bits per heavy atom. The number of carbonyl (C=O) groups is 3. The van der Waals surface area contributed by atoms with Crippen molar-refractivity contribution >= 4 is 18.0 Å². The van der Waals surface area contributed by atoms with Gasteiger partial charge in [-0.2, -0.15) is 0 Å². The first-order valence-corrected chi connectivity index (χ1v) is 11.8. The molecule has 7 heteroatoms. The highest BCUT2D eigenvalue weighted by Crippen LogP contribution is 2.44. The van der Waals surface area contributed by atoms with Gasteiger partial charge < -0.3 is 20.5 Å². The number of fused-ring (bicyclic) bond motifs is 3. The lowest BCUT2D eigenvalue weighted by Gasteiger charge is -2.25. The van der Waals surface area contributed by atoms with Crippen LogP contribution < -0.4 is 10.6 Å². The fourth-order valence-electron chi connectivity index (χ4n) is 4.39. The number of hydrogen-bond acceptors (Lipinski definition) is 4. The molecule has 0 spiro atoms. The van der Waals surface area contributed by atoms with Gasteiger partial charge in [0.25, 0.3) is 0 Å². The molecule has 0 fully saturated rings. The fraction of sp³-hybridized carbons (Fsp3) is 0.444.